The lowest BCUT2D eigenvalue weighted by Gasteiger charge is -2.28. The Bertz CT molecular complexity index is 1080. The number of unbranched alkanes of at least 4 members (excludes halogenated alkanes) is 1. The molecule has 1 aromatic heterocycles. The van der Waals surface area contributed by atoms with E-state index in [1.165, 1.54) is 10.4 Å². The van der Waals surface area contributed by atoms with E-state index in [-0.39, 0.29) is 18.4 Å². The lowest BCUT2D eigenvalue weighted by atomic mass is 10.1. The van der Waals surface area contributed by atoms with E-state index < -0.39 is 0 Å². The molecular formula is C30H38N2O3S. The molecule has 0 aliphatic heterocycles. The molecule has 0 saturated heterocycles. The highest BCUT2D eigenvalue weighted by Gasteiger charge is 2.23. The lowest BCUT2D eigenvalue weighted by Crippen LogP contribution is -2.43. The maximum Gasteiger partial charge on any atom is 0.254 e. The summed E-state index contributed by atoms with van der Waals surface area (Å²) in [6.45, 7) is 6.32. The molecule has 0 atom stereocenters. The van der Waals surface area contributed by atoms with Crippen LogP contribution in [0.3, 0.4) is 0 Å². The normalized spacial score (nSPS) is 10.9. The Kier molecular flexibility index (Phi) is 11.2. The van der Waals surface area contributed by atoms with Crippen LogP contribution in [0.4, 0.5) is 0 Å². The number of benzene rings is 2. The third-order valence-corrected chi connectivity index (χ3v) is 7.11. The van der Waals surface area contributed by atoms with Gasteiger partial charge in [-0.15, -0.1) is 11.3 Å². The SMILES string of the molecule is CCCCc1ccc(C(=O)N(CCCOC)CC(=O)N(Cc2ccccc2)Cc2ccc(C)s2)cc1. The number of carbonyl (C=O) groups excluding carboxylic acids is 2. The molecule has 6 heteroatoms. The molecule has 3 rings (SSSR count). The zero-order chi connectivity index (χ0) is 25.8. The molecule has 36 heavy (non-hydrogen) atoms. The van der Waals surface area contributed by atoms with Crippen molar-refractivity contribution >= 4 is 23.2 Å². The minimum Gasteiger partial charge on any atom is -0.385 e. The average Bonchev–Trinajstić information content (AvgIpc) is 3.31. The molecule has 0 radical (unpaired) electrons. The van der Waals surface area contributed by atoms with E-state index in [4.69, 9.17) is 4.74 Å². The third kappa shape index (κ3) is 8.61. The number of carbonyl (C=O) groups is 2. The fourth-order valence-electron chi connectivity index (χ4n) is 4.09. The summed E-state index contributed by atoms with van der Waals surface area (Å²) in [5.41, 5.74) is 2.92. The number of aryl methyl sites for hydroxylation is 2. The Labute approximate surface area is 219 Å². The Balaban J connectivity index is 1.77. The minimum absolute atomic E-state index is 0.0390. The molecule has 0 aliphatic rings. The second-order valence-corrected chi connectivity index (χ2v) is 10.5. The number of amides is 2. The predicted octanol–water partition coefficient (Wildman–Crippen LogP) is 6.11. The van der Waals surface area contributed by atoms with Gasteiger partial charge in [-0.1, -0.05) is 55.8 Å². The number of thiophene rings is 1. The summed E-state index contributed by atoms with van der Waals surface area (Å²) in [6.07, 6.45) is 3.96. The zero-order valence-corrected chi connectivity index (χ0v) is 22.6. The van der Waals surface area contributed by atoms with Gasteiger partial charge in [-0.25, -0.2) is 0 Å². The average molecular weight is 507 g/mol. The summed E-state index contributed by atoms with van der Waals surface area (Å²) in [6, 6.07) is 22.0. The number of hydrogen-bond donors (Lipinski definition) is 0. The highest BCUT2D eigenvalue weighted by atomic mass is 32.1. The summed E-state index contributed by atoms with van der Waals surface area (Å²) in [5.74, 6) is -0.177. The van der Waals surface area contributed by atoms with Crippen molar-refractivity contribution in [2.45, 2.75) is 52.6 Å². The van der Waals surface area contributed by atoms with E-state index in [9.17, 15) is 9.59 Å². The van der Waals surface area contributed by atoms with Gasteiger partial charge in [-0.05, 0) is 61.6 Å². The van der Waals surface area contributed by atoms with Crippen LogP contribution < -0.4 is 0 Å². The molecule has 2 aromatic carbocycles. The van der Waals surface area contributed by atoms with Crippen LogP contribution >= 0.6 is 11.3 Å². The van der Waals surface area contributed by atoms with Gasteiger partial charge < -0.3 is 14.5 Å². The van der Waals surface area contributed by atoms with E-state index in [1.807, 2.05) is 59.5 Å². The van der Waals surface area contributed by atoms with E-state index in [0.29, 0.717) is 38.2 Å². The molecule has 0 bridgehead atoms. The van der Waals surface area contributed by atoms with Gasteiger partial charge in [0.2, 0.25) is 5.91 Å². The Morgan fingerprint density at radius 1 is 0.861 bits per heavy atom. The molecule has 1 heterocycles. The van der Waals surface area contributed by atoms with Gasteiger partial charge in [0.15, 0.2) is 0 Å². The van der Waals surface area contributed by atoms with Crippen LogP contribution in [0.1, 0.15) is 57.4 Å². The molecule has 3 aromatic rings. The van der Waals surface area contributed by atoms with E-state index >= 15 is 0 Å². The Hall–Kier alpha value is -2.96. The topological polar surface area (TPSA) is 49.9 Å². The molecule has 0 N–H and O–H groups in total. The van der Waals surface area contributed by atoms with Crippen molar-refractivity contribution < 1.29 is 14.3 Å². The summed E-state index contributed by atoms with van der Waals surface area (Å²) >= 11 is 1.70. The van der Waals surface area contributed by atoms with Gasteiger partial charge in [0.25, 0.3) is 5.91 Å². The van der Waals surface area contributed by atoms with Crippen LogP contribution in [-0.2, 0) is 29.0 Å². The van der Waals surface area contributed by atoms with Crippen molar-refractivity contribution in [3.8, 4) is 0 Å². The molecule has 0 fully saturated rings. The van der Waals surface area contributed by atoms with Crippen molar-refractivity contribution in [2.24, 2.45) is 0 Å². The summed E-state index contributed by atoms with van der Waals surface area (Å²) in [5, 5.41) is 0. The number of methoxy groups -OCH3 is 1. The fraction of sp³-hybridized carbons (Fsp3) is 0.400. The smallest absolute Gasteiger partial charge is 0.254 e. The second-order valence-electron chi connectivity index (χ2n) is 9.12. The quantitative estimate of drug-likeness (QED) is 0.248. The first-order valence-corrected chi connectivity index (χ1v) is 13.6. The number of hydrogen-bond acceptors (Lipinski definition) is 4. The van der Waals surface area contributed by atoms with Crippen molar-refractivity contribution in [3.05, 3.63) is 93.2 Å². The Morgan fingerprint density at radius 3 is 2.25 bits per heavy atom. The molecule has 0 spiro atoms. The largest absolute Gasteiger partial charge is 0.385 e. The minimum atomic E-state index is -0.117. The first-order valence-electron chi connectivity index (χ1n) is 12.7. The van der Waals surface area contributed by atoms with E-state index in [1.54, 1.807) is 23.3 Å². The lowest BCUT2D eigenvalue weighted by molar-refractivity contribution is -0.133. The van der Waals surface area contributed by atoms with Gasteiger partial charge in [-0.2, -0.15) is 0 Å². The monoisotopic (exact) mass is 506 g/mol. The van der Waals surface area contributed by atoms with Crippen LogP contribution in [0.15, 0.2) is 66.7 Å². The van der Waals surface area contributed by atoms with Crippen LogP contribution in [-0.4, -0.2) is 48.4 Å². The second kappa shape index (κ2) is 14.6. The molecule has 0 aliphatic carbocycles. The van der Waals surface area contributed by atoms with Gasteiger partial charge in [0, 0.05) is 42.1 Å². The third-order valence-electron chi connectivity index (χ3n) is 6.12. The van der Waals surface area contributed by atoms with E-state index in [2.05, 4.69) is 26.0 Å². The maximum absolute atomic E-state index is 13.6. The molecule has 0 unspecified atom stereocenters. The number of nitrogens with zero attached hydrogens (tertiary/aromatic N) is 2. The van der Waals surface area contributed by atoms with Crippen LogP contribution in [0, 0.1) is 6.92 Å². The van der Waals surface area contributed by atoms with Crippen LogP contribution in [0.2, 0.25) is 0 Å². The standard InChI is InChI=1S/C30H38N2O3S/c1-4-5-10-25-14-16-27(17-15-25)30(34)31(19-9-20-35-3)23-29(33)32(21-26-11-7-6-8-12-26)22-28-18-13-24(2)36-28/h6-8,11-18H,4-5,9-10,19-23H2,1-3H3. The van der Waals surface area contributed by atoms with Gasteiger partial charge in [0.05, 0.1) is 6.54 Å². The summed E-state index contributed by atoms with van der Waals surface area (Å²) < 4.78 is 5.21. The summed E-state index contributed by atoms with van der Waals surface area (Å²) in [4.78, 5) is 32.9. The fourth-order valence-corrected chi connectivity index (χ4v) is 4.99. The Morgan fingerprint density at radius 2 is 1.61 bits per heavy atom. The molecule has 5 nitrogen and oxygen atoms in total. The molecule has 0 saturated carbocycles. The number of rotatable bonds is 14. The van der Waals surface area contributed by atoms with Crippen molar-refractivity contribution in [3.63, 3.8) is 0 Å². The van der Waals surface area contributed by atoms with Gasteiger partial charge >= 0.3 is 0 Å². The van der Waals surface area contributed by atoms with Crippen LogP contribution in [0.5, 0.6) is 0 Å². The highest BCUT2D eigenvalue weighted by molar-refractivity contribution is 7.11. The van der Waals surface area contributed by atoms with Gasteiger partial charge in [0.1, 0.15) is 6.54 Å². The highest BCUT2D eigenvalue weighted by Crippen LogP contribution is 2.19. The maximum atomic E-state index is 13.6. The molecule has 192 valence electrons. The zero-order valence-electron chi connectivity index (χ0n) is 21.7. The summed E-state index contributed by atoms with van der Waals surface area (Å²) in [7, 11) is 1.65. The predicted molar refractivity (Wildman–Crippen MR) is 147 cm³/mol. The van der Waals surface area contributed by atoms with Crippen molar-refractivity contribution in [1.82, 2.24) is 9.80 Å². The van der Waals surface area contributed by atoms with Gasteiger partial charge in [-0.3, -0.25) is 9.59 Å². The first kappa shape index (κ1) is 27.6. The number of ether oxygens (including phenoxy) is 1. The molecule has 2 amide bonds. The van der Waals surface area contributed by atoms with Crippen molar-refractivity contribution in [1.29, 1.82) is 0 Å². The van der Waals surface area contributed by atoms with Crippen LogP contribution in [0.25, 0.3) is 0 Å². The molecular weight excluding hydrogens is 468 g/mol. The van der Waals surface area contributed by atoms with Crippen molar-refractivity contribution in [2.75, 3.05) is 26.8 Å². The van der Waals surface area contributed by atoms with E-state index in [0.717, 1.165) is 29.7 Å². The first-order chi connectivity index (χ1) is 17.5.